The normalized spacial score (nSPS) is 13.3. The quantitative estimate of drug-likeness (QED) is 0.715. The minimum atomic E-state index is 0.410. The highest BCUT2D eigenvalue weighted by Gasteiger charge is 2.08. The Labute approximate surface area is 107 Å². The highest BCUT2D eigenvalue weighted by atomic mass is 79.9. The standard InChI is InChI=1S/C12H22BrN3/c1-4-6-11(13)7-5-8-12-14-9-15-16(12)10(2)3/h9-11H,4-8H2,1-3H3. The number of aromatic nitrogens is 3. The first-order chi connectivity index (χ1) is 7.65. The monoisotopic (exact) mass is 287 g/mol. The van der Waals surface area contributed by atoms with Gasteiger partial charge in [0.25, 0.3) is 0 Å². The van der Waals surface area contributed by atoms with Crippen molar-refractivity contribution in [1.29, 1.82) is 0 Å². The maximum absolute atomic E-state index is 4.32. The van der Waals surface area contributed by atoms with Gasteiger partial charge in [-0.25, -0.2) is 9.67 Å². The summed E-state index contributed by atoms with van der Waals surface area (Å²) in [6, 6.07) is 0.410. The number of alkyl halides is 1. The molecule has 0 fully saturated rings. The minimum absolute atomic E-state index is 0.410. The molecule has 1 rings (SSSR count). The lowest BCUT2D eigenvalue weighted by atomic mass is 10.1. The minimum Gasteiger partial charge on any atom is -0.248 e. The lowest BCUT2D eigenvalue weighted by Gasteiger charge is -2.10. The SMILES string of the molecule is CCCC(Br)CCCc1ncnn1C(C)C. The first-order valence-corrected chi connectivity index (χ1v) is 7.09. The van der Waals surface area contributed by atoms with Gasteiger partial charge in [0.1, 0.15) is 12.2 Å². The topological polar surface area (TPSA) is 30.7 Å². The fourth-order valence-electron chi connectivity index (χ4n) is 1.82. The van der Waals surface area contributed by atoms with Crippen molar-refractivity contribution in [3.8, 4) is 0 Å². The van der Waals surface area contributed by atoms with E-state index in [-0.39, 0.29) is 0 Å². The van der Waals surface area contributed by atoms with Crippen LogP contribution >= 0.6 is 15.9 Å². The Balaban J connectivity index is 2.34. The van der Waals surface area contributed by atoms with Gasteiger partial charge in [-0.3, -0.25) is 0 Å². The first kappa shape index (κ1) is 13.7. The summed E-state index contributed by atoms with van der Waals surface area (Å²) in [6.45, 7) is 6.51. The first-order valence-electron chi connectivity index (χ1n) is 6.17. The average molecular weight is 288 g/mol. The number of rotatable bonds is 7. The van der Waals surface area contributed by atoms with Crippen LogP contribution in [0.15, 0.2) is 6.33 Å². The van der Waals surface area contributed by atoms with Gasteiger partial charge in [0, 0.05) is 17.3 Å². The third kappa shape index (κ3) is 4.24. The molecule has 0 saturated heterocycles. The van der Waals surface area contributed by atoms with Crippen LogP contribution in [-0.4, -0.2) is 19.6 Å². The van der Waals surface area contributed by atoms with E-state index in [1.165, 1.54) is 25.7 Å². The largest absolute Gasteiger partial charge is 0.248 e. The van der Waals surface area contributed by atoms with Gasteiger partial charge in [0.2, 0.25) is 0 Å². The van der Waals surface area contributed by atoms with Gasteiger partial charge in [0.05, 0.1) is 0 Å². The molecule has 16 heavy (non-hydrogen) atoms. The Kier molecular flexibility index (Phi) is 6.03. The van der Waals surface area contributed by atoms with E-state index in [0.717, 1.165) is 12.2 Å². The summed E-state index contributed by atoms with van der Waals surface area (Å²) in [5.74, 6) is 1.12. The molecule has 0 radical (unpaired) electrons. The molecule has 3 nitrogen and oxygen atoms in total. The predicted molar refractivity (Wildman–Crippen MR) is 71.0 cm³/mol. The Hall–Kier alpha value is -0.380. The zero-order valence-electron chi connectivity index (χ0n) is 10.5. The molecule has 1 atom stereocenters. The molecule has 0 aliphatic rings. The van der Waals surface area contributed by atoms with Crippen molar-refractivity contribution in [2.45, 2.75) is 63.7 Å². The van der Waals surface area contributed by atoms with E-state index < -0.39 is 0 Å². The number of nitrogens with zero attached hydrogens (tertiary/aromatic N) is 3. The van der Waals surface area contributed by atoms with Crippen molar-refractivity contribution < 1.29 is 0 Å². The molecule has 0 saturated carbocycles. The van der Waals surface area contributed by atoms with E-state index in [4.69, 9.17) is 0 Å². The van der Waals surface area contributed by atoms with E-state index >= 15 is 0 Å². The van der Waals surface area contributed by atoms with E-state index in [0.29, 0.717) is 10.9 Å². The second-order valence-corrected chi connectivity index (χ2v) is 5.79. The lowest BCUT2D eigenvalue weighted by Crippen LogP contribution is -2.09. The van der Waals surface area contributed by atoms with Crippen LogP contribution < -0.4 is 0 Å². The van der Waals surface area contributed by atoms with Crippen LogP contribution in [0.1, 0.15) is 58.3 Å². The van der Waals surface area contributed by atoms with Crippen LogP contribution in [0.25, 0.3) is 0 Å². The van der Waals surface area contributed by atoms with E-state index in [9.17, 15) is 0 Å². The molecule has 0 aliphatic carbocycles. The predicted octanol–water partition coefficient (Wildman–Crippen LogP) is 3.75. The van der Waals surface area contributed by atoms with Crippen molar-refractivity contribution in [1.82, 2.24) is 14.8 Å². The summed E-state index contributed by atoms with van der Waals surface area (Å²) < 4.78 is 2.02. The smallest absolute Gasteiger partial charge is 0.138 e. The van der Waals surface area contributed by atoms with Gasteiger partial charge >= 0.3 is 0 Å². The molecule has 0 spiro atoms. The van der Waals surface area contributed by atoms with Crippen LogP contribution in [0, 0.1) is 0 Å². The highest BCUT2D eigenvalue weighted by molar-refractivity contribution is 9.09. The van der Waals surface area contributed by atoms with E-state index in [2.05, 4.69) is 46.8 Å². The fraction of sp³-hybridized carbons (Fsp3) is 0.833. The molecule has 1 aromatic heterocycles. The number of halogens is 1. The lowest BCUT2D eigenvalue weighted by molar-refractivity contribution is 0.497. The van der Waals surface area contributed by atoms with E-state index in [1.807, 2.05) is 4.68 Å². The van der Waals surface area contributed by atoms with Gasteiger partial charge < -0.3 is 0 Å². The third-order valence-electron chi connectivity index (χ3n) is 2.66. The van der Waals surface area contributed by atoms with Crippen LogP contribution in [0.2, 0.25) is 0 Å². The summed E-state index contributed by atoms with van der Waals surface area (Å²) in [4.78, 5) is 4.98. The molecule has 1 unspecified atom stereocenters. The Bertz CT molecular complexity index is 296. The molecule has 0 aromatic carbocycles. The maximum atomic E-state index is 4.32. The summed E-state index contributed by atoms with van der Waals surface area (Å²) in [5.41, 5.74) is 0. The summed E-state index contributed by atoms with van der Waals surface area (Å²) in [6.07, 6.45) is 7.60. The zero-order valence-corrected chi connectivity index (χ0v) is 12.1. The Morgan fingerprint density at radius 1 is 1.38 bits per heavy atom. The van der Waals surface area contributed by atoms with Crippen LogP contribution in [-0.2, 0) is 6.42 Å². The van der Waals surface area contributed by atoms with Crippen molar-refractivity contribution in [3.05, 3.63) is 12.2 Å². The molecule has 1 heterocycles. The van der Waals surface area contributed by atoms with Crippen LogP contribution in [0.4, 0.5) is 0 Å². The summed E-state index contributed by atoms with van der Waals surface area (Å²) >= 11 is 3.71. The van der Waals surface area contributed by atoms with Crippen molar-refractivity contribution in [2.24, 2.45) is 0 Å². The van der Waals surface area contributed by atoms with Crippen LogP contribution in [0.5, 0.6) is 0 Å². The second kappa shape index (κ2) is 7.05. The Morgan fingerprint density at radius 3 is 2.75 bits per heavy atom. The number of hydrogen-bond donors (Lipinski definition) is 0. The summed E-state index contributed by atoms with van der Waals surface area (Å²) in [5, 5.41) is 4.24. The molecule has 4 heteroatoms. The number of hydrogen-bond acceptors (Lipinski definition) is 2. The fourth-order valence-corrected chi connectivity index (χ4v) is 2.61. The molecule has 0 N–H and O–H groups in total. The average Bonchev–Trinajstić information content (AvgIpc) is 2.66. The van der Waals surface area contributed by atoms with Crippen molar-refractivity contribution >= 4 is 15.9 Å². The third-order valence-corrected chi connectivity index (χ3v) is 3.57. The van der Waals surface area contributed by atoms with Gasteiger partial charge in [-0.2, -0.15) is 5.10 Å². The molecule has 0 bridgehead atoms. The summed E-state index contributed by atoms with van der Waals surface area (Å²) in [7, 11) is 0. The number of aryl methyl sites for hydroxylation is 1. The Morgan fingerprint density at radius 2 is 2.12 bits per heavy atom. The molecule has 1 aromatic rings. The maximum Gasteiger partial charge on any atom is 0.138 e. The molecular weight excluding hydrogens is 266 g/mol. The zero-order chi connectivity index (χ0) is 12.0. The van der Waals surface area contributed by atoms with Crippen molar-refractivity contribution in [3.63, 3.8) is 0 Å². The van der Waals surface area contributed by atoms with Gasteiger partial charge in [-0.15, -0.1) is 0 Å². The molecule has 92 valence electrons. The van der Waals surface area contributed by atoms with Crippen LogP contribution in [0.3, 0.4) is 0 Å². The van der Waals surface area contributed by atoms with Crippen molar-refractivity contribution in [2.75, 3.05) is 0 Å². The van der Waals surface area contributed by atoms with Gasteiger partial charge in [-0.05, 0) is 33.1 Å². The van der Waals surface area contributed by atoms with E-state index in [1.54, 1.807) is 6.33 Å². The molecular formula is C12H22BrN3. The molecule has 0 aliphatic heterocycles. The molecule has 0 amide bonds. The second-order valence-electron chi connectivity index (χ2n) is 4.49. The van der Waals surface area contributed by atoms with Gasteiger partial charge in [0.15, 0.2) is 0 Å². The van der Waals surface area contributed by atoms with Gasteiger partial charge in [-0.1, -0.05) is 29.3 Å². The highest BCUT2D eigenvalue weighted by Crippen LogP contribution is 2.16.